The predicted octanol–water partition coefficient (Wildman–Crippen LogP) is 4.38. The Hall–Kier alpha value is -3.52. The van der Waals surface area contributed by atoms with E-state index in [0.717, 1.165) is 35.3 Å². The van der Waals surface area contributed by atoms with Gasteiger partial charge in [0.1, 0.15) is 0 Å². The molecule has 1 saturated heterocycles. The van der Waals surface area contributed by atoms with Gasteiger partial charge >= 0.3 is 0 Å². The molecule has 0 aliphatic carbocycles. The number of amides is 3. The Kier molecular flexibility index (Phi) is 6.84. The second-order valence-corrected chi connectivity index (χ2v) is 9.01. The normalized spacial score (nSPS) is 14.2. The van der Waals surface area contributed by atoms with E-state index >= 15 is 0 Å². The van der Waals surface area contributed by atoms with E-state index in [1.807, 2.05) is 59.7 Å². The molecule has 170 valence electrons. The smallest absolute Gasteiger partial charge is 0.257 e. The van der Waals surface area contributed by atoms with Gasteiger partial charge in [-0.05, 0) is 36.6 Å². The minimum absolute atomic E-state index is 0.0680. The molecule has 0 saturated carbocycles. The van der Waals surface area contributed by atoms with Crippen molar-refractivity contribution in [3.05, 3.63) is 70.6 Å². The molecule has 2 aromatic carbocycles. The van der Waals surface area contributed by atoms with Crippen LogP contribution in [0.4, 0.5) is 5.13 Å². The largest absolute Gasteiger partial charge is 0.350 e. The van der Waals surface area contributed by atoms with Gasteiger partial charge in [0.25, 0.3) is 5.91 Å². The fourth-order valence-electron chi connectivity index (χ4n) is 3.87. The average Bonchev–Trinajstić information content (AvgIpc) is 3.43. The lowest BCUT2D eigenvalue weighted by Crippen LogP contribution is -2.24. The van der Waals surface area contributed by atoms with E-state index < -0.39 is 0 Å². The van der Waals surface area contributed by atoms with Gasteiger partial charge in [-0.25, -0.2) is 4.98 Å². The van der Waals surface area contributed by atoms with E-state index in [9.17, 15) is 14.4 Å². The summed E-state index contributed by atoms with van der Waals surface area (Å²) in [5.41, 5.74) is 4.19. The lowest BCUT2D eigenvalue weighted by molar-refractivity contribution is -0.128. The zero-order chi connectivity index (χ0) is 23.4. The van der Waals surface area contributed by atoms with E-state index in [4.69, 9.17) is 0 Å². The van der Waals surface area contributed by atoms with Gasteiger partial charge in [-0.1, -0.05) is 36.4 Å². The number of hydrogen-bond donors (Lipinski definition) is 2. The Morgan fingerprint density at radius 3 is 2.67 bits per heavy atom. The molecule has 1 aliphatic rings. The first-order valence-electron chi connectivity index (χ1n) is 10.9. The van der Waals surface area contributed by atoms with Gasteiger partial charge in [-0.3, -0.25) is 19.7 Å². The van der Waals surface area contributed by atoms with Gasteiger partial charge in [0.15, 0.2) is 5.13 Å². The van der Waals surface area contributed by atoms with Crippen molar-refractivity contribution in [3.8, 4) is 11.3 Å². The van der Waals surface area contributed by atoms with E-state index in [0.29, 0.717) is 23.7 Å². The molecule has 1 aromatic heterocycles. The number of nitrogens with one attached hydrogen (secondary N) is 2. The van der Waals surface area contributed by atoms with Gasteiger partial charge in [0, 0.05) is 42.9 Å². The van der Waals surface area contributed by atoms with Gasteiger partial charge in [-0.15, -0.1) is 11.3 Å². The first kappa shape index (κ1) is 22.7. The van der Waals surface area contributed by atoms with Crippen LogP contribution < -0.4 is 10.6 Å². The molecular formula is C25H26N4O3S. The number of hydrogen-bond acceptors (Lipinski definition) is 5. The van der Waals surface area contributed by atoms with Crippen molar-refractivity contribution in [2.45, 2.75) is 39.3 Å². The third kappa shape index (κ3) is 5.64. The number of thiazole rings is 1. The number of benzene rings is 2. The van der Waals surface area contributed by atoms with E-state index in [2.05, 4.69) is 15.6 Å². The molecular weight excluding hydrogens is 436 g/mol. The van der Waals surface area contributed by atoms with E-state index in [1.165, 1.54) is 18.3 Å². The molecule has 1 fully saturated rings. The lowest BCUT2D eigenvalue weighted by Gasteiger charge is -2.15. The average molecular weight is 463 g/mol. The predicted molar refractivity (Wildman–Crippen MR) is 129 cm³/mol. The summed E-state index contributed by atoms with van der Waals surface area (Å²) in [5, 5.41) is 8.16. The SMILES string of the molecule is CC(=O)NC(C)c1ccc(-c2csc(NC(=O)c3cccc(CN4CCCC4=O)c3)n2)cc1. The topological polar surface area (TPSA) is 91.4 Å². The van der Waals surface area contributed by atoms with Gasteiger partial charge in [-0.2, -0.15) is 0 Å². The Balaban J connectivity index is 1.40. The van der Waals surface area contributed by atoms with Crippen LogP contribution in [0.15, 0.2) is 53.9 Å². The van der Waals surface area contributed by atoms with Crippen molar-refractivity contribution >= 4 is 34.2 Å². The van der Waals surface area contributed by atoms with Gasteiger partial charge < -0.3 is 10.2 Å². The van der Waals surface area contributed by atoms with Crippen LogP contribution in [0.5, 0.6) is 0 Å². The molecule has 7 nitrogen and oxygen atoms in total. The second kappa shape index (κ2) is 9.95. The Morgan fingerprint density at radius 2 is 1.97 bits per heavy atom. The summed E-state index contributed by atoms with van der Waals surface area (Å²) in [7, 11) is 0. The summed E-state index contributed by atoms with van der Waals surface area (Å²) in [4.78, 5) is 42.3. The molecule has 3 amide bonds. The maximum absolute atomic E-state index is 12.8. The third-order valence-electron chi connectivity index (χ3n) is 5.58. The van der Waals surface area contributed by atoms with Crippen molar-refractivity contribution < 1.29 is 14.4 Å². The summed E-state index contributed by atoms with van der Waals surface area (Å²) in [6.07, 6.45) is 1.49. The van der Waals surface area contributed by atoms with Crippen LogP contribution in [0.1, 0.15) is 54.2 Å². The first-order chi connectivity index (χ1) is 15.9. The molecule has 1 unspecified atom stereocenters. The number of carbonyl (C=O) groups is 3. The number of nitrogens with zero attached hydrogens (tertiary/aromatic N) is 2. The van der Waals surface area contributed by atoms with Crippen molar-refractivity contribution in [2.24, 2.45) is 0 Å². The zero-order valence-electron chi connectivity index (χ0n) is 18.6. The quantitative estimate of drug-likeness (QED) is 0.545. The van der Waals surface area contributed by atoms with E-state index in [1.54, 1.807) is 6.07 Å². The summed E-state index contributed by atoms with van der Waals surface area (Å²) in [6.45, 7) is 4.73. The summed E-state index contributed by atoms with van der Waals surface area (Å²) in [6, 6.07) is 15.1. The van der Waals surface area contributed by atoms with E-state index in [-0.39, 0.29) is 23.8 Å². The van der Waals surface area contributed by atoms with Crippen LogP contribution in [0.3, 0.4) is 0 Å². The van der Waals surface area contributed by atoms with Crippen molar-refractivity contribution in [3.63, 3.8) is 0 Å². The number of aromatic nitrogens is 1. The Bertz CT molecular complexity index is 1170. The van der Waals surface area contributed by atoms with Gasteiger partial charge in [0.05, 0.1) is 11.7 Å². The summed E-state index contributed by atoms with van der Waals surface area (Å²) >= 11 is 1.36. The monoisotopic (exact) mass is 462 g/mol. The standard InChI is InChI=1S/C25H26N4O3S/c1-16(26-17(2)30)19-8-10-20(11-9-19)22-15-33-25(27-22)28-24(32)21-6-3-5-18(13-21)14-29-12-4-7-23(29)31/h3,5-6,8-11,13,15-16H,4,7,12,14H2,1-2H3,(H,26,30)(H,27,28,32). The second-order valence-electron chi connectivity index (χ2n) is 8.16. The van der Waals surface area contributed by atoms with Crippen LogP contribution >= 0.6 is 11.3 Å². The third-order valence-corrected chi connectivity index (χ3v) is 6.34. The molecule has 0 spiro atoms. The highest BCUT2D eigenvalue weighted by Gasteiger charge is 2.20. The van der Waals surface area contributed by atoms with Crippen LogP contribution in [-0.2, 0) is 16.1 Å². The van der Waals surface area contributed by atoms with Crippen LogP contribution in [-0.4, -0.2) is 34.2 Å². The molecule has 2 heterocycles. The summed E-state index contributed by atoms with van der Waals surface area (Å²) in [5.74, 6) is -0.135. The fraction of sp³-hybridized carbons (Fsp3) is 0.280. The molecule has 4 rings (SSSR count). The molecule has 1 aliphatic heterocycles. The molecule has 8 heteroatoms. The minimum Gasteiger partial charge on any atom is -0.350 e. The molecule has 0 radical (unpaired) electrons. The molecule has 1 atom stereocenters. The Labute approximate surface area is 196 Å². The van der Waals surface area contributed by atoms with Crippen LogP contribution in [0.25, 0.3) is 11.3 Å². The zero-order valence-corrected chi connectivity index (χ0v) is 19.4. The fourth-order valence-corrected chi connectivity index (χ4v) is 4.58. The highest BCUT2D eigenvalue weighted by molar-refractivity contribution is 7.14. The first-order valence-corrected chi connectivity index (χ1v) is 11.8. The Morgan fingerprint density at radius 1 is 1.18 bits per heavy atom. The molecule has 3 aromatic rings. The number of carbonyl (C=O) groups excluding carboxylic acids is 3. The maximum Gasteiger partial charge on any atom is 0.257 e. The van der Waals surface area contributed by atoms with Crippen molar-refractivity contribution in [1.82, 2.24) is 15.2 Å². The molecule has 33 heavy (non-hydrogen) atoms. The van der Waals surface area contributed by atoms with Crippen molar-refractivity contribution in [1.29, 1.82) is 0 Å². The maximum atomic E-state index is 12.8. The minimum atomic E-state index is -0.232. The highest BCUT2D eigenvalue weighted by atomic mass is 32.1. The number of rotatable bonds is 7. The number of likely N-dealkylation sites (tertiary alicyclic amines) is 1. The highest BCUT2D eigenvalue weighted by Crippen LogP contribution is 2.27. The summed E-state index contributed by atoms with van der Waals surface area (Å²) < 4.78 is 0. The van der Waals surface area contributed by atoms with Crippen molar-refractivity contribution in [2.75, 3.05) is 11.9 Å². The molecule has 2 N–H and O–H groups in total. The lowest BCUT2D eigenvalue weighted by atomic mass is 10.1. The molecule has 0 bridgehead atoms. The van der Waals surface area contributed by atoms with Gasteiger partial charge in [0.2, 0.25) is 11.8 Å². The van der Waals surface area contributed by atoms with Crippen LogP contribution in [0.2, 0.25) is 0 Å². The number of anilines is 1. The van der Waals surface area contributed by atoms with Crippen LogP contribution in [0, 0.1) is 0 Å².